The van der Waals surface area contributed by atoms with Crippen molar-refractivity contribution < 1.29 is 20.4 Å². The van der Waals surface area contributed by atoms with Gasteiger partial charge in [0.05, 0.1) is 30.5 Å². The van der Waals surface area contributed by atoms with Crippen LogP contribution in [0.25, 0.3) is 0 Å². The van der Waals surface area contributed by atoms with Crippen molar-refractivity contribution in [3.8, 4) is 0 Å². The minimum atomic E-state index is -0.933. The van der Waals surface area contributed by atoms with Gasteiger partial charge >= 0.3 is 0 Å². The van der Waals surface area contributed by atoms with Gasteiger partial charge < -0.3 is 20.4 Å². The average molecular weight is 175 g/mol. The summed E-state index contributed by atoms with van der Waals surface area (Å²) in [5.74, 6) is 0. The molecule has 2 heterocycles. The van der Waals surface area contributed by atoms with Crippen molar-refractivity contribution in [1.29, 1.82) is 0 Å². The SMILES string of the molecule is O[C@@H]1[C@H]2[C@H](O)[C@@H](O)CN2C[C@H]1O. The van der Waals surface area contributed by atoms with Crippen molar-refractivity contribution >= 4 is 0 Å². The molecule has 12 heavy (non-hydrogen) atoms. The van der Waals surface area contributed by atoms with Gasteiger partial charge in [-0.05, 0) is 0 Å². The van der Waals surface area contributed by atoms with Crippen molar-refractivity contribution in [2.75, 3.05) is 13.1 Å². The standard InChI is InChI=1S/C7H13NO4/c9-3-1-8-2-4(10)7(12)5(8)6(3)11/h3-7,9-12H,1-2H2/t3-,4+,5+,6+,7-. The lowest BCUT2D eigenvalue weighted by atomic mass is 10.0. The summed E-state index contributed by atoms with van der Waals surface area (Å²) in [7, 11) is 0. The Morgan fingerprint density at radius 2 is 1.25 bits per heavy atom. The molecule has 70 valence electrons. The fourth-order valence-corrected chi connectivity index (χ4v) is 2.10. The topological polar surface area (TPSA) is 84.2 Å². The molecular weight excluding hydrogens is 162 g/mol. The van der Waals surface area contributed by atoms with E-state index in [1.54, 1.807) is 4.90 Å². The van der Waals surface area contributed by atoms with Crippen LogP contribution in [0.5, 0.6) is 0 Å². The monoisotopic (exact) mass is 175 g/mol. The molecule has 2 saturated heterocycles. The van der Waals surface area contributed by atoms with Gasteiger partial charge in [0.1, 0.15) is 0 Å². The number of hydrogen-bond acceptors (Lipinski definition) is 5. The van der Waals surface area contributed by atoms with Crippen molar-refractivity contribution in [2.45, 2.75) is 30.5 Å². The first-order chi connectivity index (χ1) is 5.61. The summed E-state index contributed by atoms with van der Waals surface area (Å²) in [5.41, 5.74) is 0. The number of fused-ring (bicyclic) bond motifs is 1. The smallest absolute Gasteiger partial charge is 0.0992 e. The lowest BCUT2D eigenvalue weighted by Gasteiger charge is -2.19. The molecule has 0 radical (unpaired) electrons. The van der Waals surface area contributed by atoms with Gasteiger partial charge in [-0.15, -0.1) is 0 Å². The highest BCUT2D eigenvalue weighted by molar-refractivity contribution is 5.05. The van der Waals surface area contributed by atoms with Crippen LogP contribution in [0.2, 0.25) is 0 Å². The summed E-state index contributed by atoms with van der Waals surface area (Å²) in [6.45, 7) is 0.667. The number of rotatable bonds is 0. The minimum Gasteiger partial charge on any atom is -0.389 e. The molecule has 0 spiro atoms. The Kier molecular flexibility index (Phi) is 1.85. The zero-order chi connectivity index (χ0) is 8.88. The van der Waals surface area contributed by atoms with E-state index in [2.05, 4.69) is 0 Å². The first kappa shape index (κ1) is 8.40. The van der Waals surface area contributed by atoms with Crippen LogP contribution in [-0.2, 0) is 0 Å². The highest BCUT2D eigenvalue weighted by Crippen LogP contribution is 2.28. The molecule has 2 aliphatic heterocycles. The Hall–Kier alpha value is -0.200. The van der Waals surface area contributed by atoms with E-state index in [4.69, 9.17) is 0 Å². The molecule has 5 heteroatoms. The van der Waals surface area contributed by atoms with Gasteiger partial charge in [0.15, 0.2) is 0 Å². The van der Waals surface area contributed by atoms with Gasteiger partial charge in [0, 0.05) is 13.1 Å². The predicted octanol–water partition coefficient (Wildman–Crippen LogP) is -2.87. The Balaban J connectivity index is 2.15. The lowest BCUT2D eigenvalue weighted by molar-refractivity contribution is -0.0206. The molecule has 0 aliphatic carbocycles. The first-order valence-electron chi connectivity index (χ1n) is 4.07. The van der Waals surface area contributed by atoms with Crippen molar-refractivity contribution in [3.63, 3.8) is 0 Å². The zero-order valence-electron chi connectivity index (χ0n) is 6.54. The van der Waals surface area contributed by atoms with Crippen LogP contribution in [0.3, 0.4) is 0 Å². The molecule has 0 aromatic carbocycles. The van der Waals surface area contributed by atoms with Crippen molar-refractivity contribution in [3.05, 3.63) is 0 Å². The van der Waals surface area contributed by atoms with E-state index in [0.29, 0.717) is 13.1 Å². The number of aliphatic hydroxyl groups excluding tert-OH is 4. The van der Waals surface area contributed by atoms with Crippen molar-refractivity contribution in [2.24, 2.45) is 0 Å². The minimum absolute atomic E-state index is 0.333. The second-order valence-electron chi connectivity index (χ2n) is 3.56. The van der Waals surface area contributed by atoms with Gasteiger partial charge in [0.25, 0.3) is 0 Å². The number of nitrogens with zero attached hydrogens (tertiary/aromatic N) is 1. The summed E-state index contributed by atoms with van der Waals surface area (Å²) < 4.78 is 0. The fourth-order valence-electron chi connectivity index (χ4n) is 2.10. The maximum Gasteiger partial charge on any atom is 0.0992 e. The number of aliphatic hydroxyl groups is 4. The van der Waals surface area contributed by atoms with Crippen molar-refractivity contribution in [1.82, 2.24) is 4.90 Å². The van der Waals surface area contributed by atoms with Crippen LogP contribution in [0.1, 0.15) is 0 Å². The Morgan fingerprint density at radius 3 is 1.58 bits per heavy atom. The Labute approximate surface area is 69.9 Å². The normalized spacial score (nSPS) is 54.5. The lowest BCUT2D eigenvalue weighted by Crippen LogP contribution is -2.41. The summed E-state index contributed by atoms with van der Waals surface area (Å²) in [4.78, 5) is 1.71. The average Bonchev–Trinajstić information content (AvgIpc) is 2.40. The zero-order valence-corrected chi connectivity index (χ0v) is 6.54. The Morgan fingerprint density at radius 1 is 0.833 bits per heavy atom. The highest BCUT2D eigenvalue weighted by atomic mass is 16.4. The third kappa shape index (κ3) is 0.982. The van der Waals surface area contributed by atoms with E-state index in [1.807, 2.05) is 0 Å². The fraction of sp³-hybridized carbons (Fsp3) is 1.00. The summed E-state index contributed by atoms with van der Waals surface area (Å²) in [6.07, 6.45) is -3.46. The van der Waals surface area contributed by atoms with Gasteiger partial charge in [-0.2, -0.15) is 0 Å². The molecule has 2 fully saturated rings. The van der Waals surface area contributed by atoms with Gasteiger partial charge in [-0.3, -0.25) is 4.90 Å². The molecule has 4 N–H and O–H groups in total. The maximum atomic E-state index is 9.39. The summed E-state index contributed by atoms with van der Waals surface area (Å²) in [6, 6.07) is -0.491. The van der Waals surface area contributed by atoms with E-state index in [-0.39, 0.29) is 0 Å². The third-order valence-corrected chi connectivity index (χ3v) is 2.75. The van der Waals surface area contributed by atoms with Crippen LogP contribution >= 0.6 is 0 Å². The molecule has 2 rings (SSSR count). The molecule has 5 nitrogen and oxygen atoms in total. The summed E-state index contributed by atoms with van der Waals surface area (Å²) in [5, 5.41) is 37.2. The van der Waals surface area contributed by atoms with Crippen LogP contribution in [0.4, 0.5) is 0 Å². The van der Waals surface area contributed by atoms with Crippen LogP contribution in [-0.4, -0.2) is 68.9 Å². The van der Waals surface area contributed by atoms with Gasteiger partial charge in [-0.25, -0.2) is 0 Å². The molecule has 0 unspecified atom stereocenters. The van der Waals surface area contributed by atoms with E-state index in [1.165, 1.54) is 0 Å². The summed E-state index contributed by atoms with van der Waals surface area (Å²) >= 11 is 0. The van der Waals surface area contributed by atoms with Gasteiger partial charge in [-0.1, -0.05) is 0 Å². The van der Waals surface area contributed by atoms with E-state index >= 15 is 0 Å². The molecule has 0 aromatic rings. The molecule has 5 atom stereocenters. The van der Waals surface area contributed by atoms with E-state index < -0.39 is 30.5 Å². The first-order valence-corrected chi connectivity index (χ1v) is 4.07. The Bertz CT molecular complexity index is 170. The largest absolute Gasteiger partial charge is 0.389 e. The third-order valence-electron chi connectivity index (χ3n) is 2.75. The van der Waals surface area contributed by atoms with E-state index in [0.717, 1.165) is 0 Å². The second-order valence-corrected chi connectivity index (χ2v) is 3.56. The maximum absolute atomic E-state index is 9.39. The van der Waals surface area contributed by atoms with Gasteiger partial charge in [0.2, 0.25) is 0 Å². The molecule has 2 aliphatic rings. The van der Waals surface area contributed by atoms with E-state index in [9.17, 15) is 20.4 Å². The highest BCUT2D eigenvalue weighted by Gasteiger charge is 2.51. The van der Waals surface area contributed by atoms with Crippen LogP contribution in [0.15, 0.2) is 0 Å². The number of hydrogen-bond donors (Lipinski definition) is 4. The quantitative estimate of drug-likeness (QED) is 0.318. The molecular formula is C7H13NO4. The molecule has 0 aromatic heterocycles. The second kappa shape index (κ2) is 2.65. The molecule has 0 amide bonds. The molecule has 0 saturated carbocycles. The van der Waals surface area contributed by atoms with Crippen LogP contribution < -0.4 is 0 Å². The molecule has 0 bridgehead atoms. The van der Waals surface area contributed by atoms with Crippen LogP contribution in [0, 0.1) is 0 Å². The predicted molar refractivity (Wildman–Crippen MR) is 39.4 cm³/mol.